The van der Waals surface area contributed by atoms with Crippen molar-refractivity contribution in [1.29, 1.82) is 0 Å². The minimum Gasteiger partial charge on any atom is -0.396 e. The number of thiophene rings is 1. The minimum atomic E-state index is -0.0502. The zero-order chi connectivity index (χ0) is 25.2. The first-order valence-corrected chi connectivity index (χ1v) is 12.8. The van der Waals surface area contributed by atoms with Crippen LogP contribution in [-0.4, -0.2) is 43.8 Å². The van der Waals surface area contributed by atoms with E-state index in [1.54, 1.807) is 17.7 Å². The zero-order valence-corrected chi connectivity index (χ0v) is 21.1. The van der Waals surface area contributed by atoms with Gasteiger partial charge in [-0.3, -0.25) is 14.7 Å². The summed E-state index contributed by atoms with van der Waals surface area (Å²) < 4.78 is 2.62. The van der Waals surface area contributed by atoms with Crippen molar-refractivity contribution >= 4 is 38.2 Å². The summed E-state index contributed by atoms with van der Waals surface area (Å²) >= 11 is 1.50. The number of benzene rings is 2. The van der Waals surface area contributed by atoms with Gasteiger partial charge in [-0.1, -0.05) is 24.3 Å². The standard InChI is InChI=1S/C28H28N4O3S/c1-18-22-15-19(20-10-12-26(34)31(2)16-20)9-11-25(22)36-27(18)28(35)32(13-5-6-14-33)17-24-21-7-3-4-8-23(21)29-30-24/h3-4,7-12,15-16,33H,5-6,13-14,17H2,1-2H3,(H,29,30). The van der Waals surface area contributed by atoms with Gasteiger partial charge in [-0.05, 0) is 66.1 Å². The number of aromatic nitrogens is 3. The first kappa shape index (κ1) is 24.0. The molecule has 0 saturated heterocycles. The number of unbranched alkanes of at least 4 members (excludes halogenated alkanes) is 1. The number of nitrogens with zero attached hydrogens (tertiary/aromatic N) is 3. The lowest BCUT2D eigenvalue weighted by Crippen LogP contribution is -2.31. The highest BCUT2D eigenvalue weighted by atomic mass is 32.1. The lowest BCUT2D eigenvalue weighted by atomic mass is 10.0. The fraction of sp³-hybridized carbons (Fsp3) is 0.250. The number of rotatable bonds is 8. The summed E-state index contributed by atoms with van der Waals surface area (Å²) in [6.07, 6.45) is 3.19. The Balaban J connectivity index is 1.49. The minimum absolute atomic E-state index is 0.0195. The average Bonchev–Trinajstić information content (AvgIpc) is 3.45. The number of aromatic amines is 1. The van der Waals surface area contributed by atoms with Crippen LogP contribution >= 0.6 is 11.3 Å². The fourth-order valence-electron chi connectivity index (χ4n) is 4.51. The van der Waals surface area contributed by atoms with Gasteiger partial charge in [0.05, 0.1) is 22.6 Å². The molecule has 0 radical (unpaired) electrons. The number of carbonyl (C=O) groups is 1. The van der Waals surface area contributed by atoms with Crippen LogP contribution in [0, 0.1) is 6.92 Å². The summed E-state index contributed by atoms with van der Waals surface area (Å²) in [5.74, 6) is -0.0195. The van der Waals surface area contributed by atoms with Crippen molar-refractivity contribution < 1.29 is 9.90 Å². The molecule has 184 valence electrons. The highest BCUT2D eigenvalue weighted by Crippen LogP contribution is 2.35. The van der Waals surface area contributed by atoms with Crippen molar-refractivity contribution in [2.45, 2.75) is 26.3 Å². The van der Waals surface area contributed by atoms with E-state index in [9.17, 15) is 14.7 Å². The Morgan fingerprint density at radius 1 is 1.08 bits per heavy atom. The Hall–Kier alpha value is -3.75. The van der Waals surface area contributed by atoms with Gasteiger partial charge in [-0.25, -0.2) is 0 Å². The molecular weight excluding hydrogens is 472 g/mol. The van der Waals surface area contributed by atoms with Crippen molar-refractivity contribution in [2.75, 3.05) is 13.2 Å². The maximum Gasteiger partial charge on any atom is 0.264 e. The lowest BCUT2D eigenvalue weighted by Gasteiger charge is -2.22. The number of hydrogen-bond acceptors (Lipinski definition) is 5. The third-order valence-electron chi connectivity index (χ3n) is 6.56. The summed E-state index contributed by atoms with van der Waals surface area (Å²) in [5.41, 5.74) is 4.63. The van der Waals surface area contributed by atoms with E-state index in [2.05, 4.69) is 16.3 Å². The molecule has 0 aliphatic carbocycles. The van der Waals surface area contributed by atoms with Crippen LogP contribution in [0.3, 0.4) is 0 Å². The molecule has 3 aromatic heterocycles. The van der Waals surface area contributed by atoms with Crippen molar-refractivity contribution in [1.82, 2.24) is 19.7 Å². The molecule has 8 heteroatoms. The number of amides is 1. The molecule has 7 nitrogen and oxygen atoms in total. The van der Waals surface area contributed by atoms with Crippen LogP contribution in [-0.2, 0) is 13.6 Å². The number of fused-ring (bicyclic) bond motifs is 2. The lowest BCUT2D eigenvalue weighted by molar-refractivity contribution is 0.0740. The molecule has 36 heavy (non-hydrogen) atoms. The van der Waals surface area contributed by atoms with E-state index in [0.717, 1.165) is 54.7 Å². The van der Waals surface area contributed by atoms with Gasteiger partial charge in [-0.2, -0.15) is 5.10 Å². The predicted molar refractivity (Wildman–Crippen MR) is 144 cm³/mol. The van der Waals surface area contributed by atoms with Gasteiger partial charge in [0.15, 0.2) is 0 Å². The average molecular weight is 501 g/mol. The maximum absolute atomic E-state index is 13.8. The molecule has 1 amide bonds. The quantitative estimate of drug-likeness (QED) is 0.298. The summed E-state index contributed by atoms with van der Waals surface area (Å²) in [4.78, 5) is 28.2. The van der Waals surface area contributed by atoms with Crippen molar-refractivity contribution in [3.8, 4) is 11.1 Å². The number of para-hydroxylation sites is 1. The molecule has 5 rings (SSSR count). The van der Waals surface area contributed by atoms with E-state index in [1.807, 2.05) is 60.5 Å². The number of nitrogens with one attached hydrogen (secondary N) is 1. The Bertz CT molecular complexity index is 1610. The normalized spacial score (nSPS) is 11.4. The number of H-pyrrole nitrogens is 1. The van der Waals surface area contributed by atoms with Crippen LogP contribution < -0.4 is 5.56 Å². The summed E-state index contributed by atoms with van der Waals surface area (Å²) in [6, 6.07) is 17.4. The molecular formula is C28H28N4O3S. The molecule has 3 heterocycles. The summed E-state index contributed by atoms with van der Waals surface area (Å²) in [5, 5.41) is 18.8. The SMILES string of the molecule is Cc1c(C(=O)N(CCCCO)Cc2[nH]nc3ccccc23)sc2ccc(-c3ccc(=O)n(C)c3)cc12. The van der Waals surface area contributed by atoms with Crippen LogP contribution in [0.5, 0.6) is 0 Å². The summed E-state index contributed by atoms with van der Waals surface area (Å²) in [6.45, 7) is 3.06. The number of aliphatic hydroxyl groups excluding tert-OH is 1. The summed E-state index contributed by atoms with van der Waals surface area (Å²) in [7, 11) is 1.74. The second kappa shape index (κ2) is 10.1. The number of aryl methyl sites for hydroxylation is 2. The van der Waals surface area contributed by atoms with Gasteiger partial charge >= 0.3 is 0 Å². The van der Waals surface area contributed by atoms with Gasteiger partial charge in [0, 0.05) is 42.5 Å². The molecule has 0 atom stereocenters. The molecule has 0 aliphatic heterocycles. The molecule has 2 aromatic carbocycles. The highest BCUT2D eigenvalue weighted by Gasteiger charge is 2.23. The first-order valence-electron chi connectivity index (χ1n) is 12.0. The molecule has 0 unspecified atom stereocenters. The van der Waals surface area contributed by atoms with E-state index < -0.39 is 0 Å². The smallest absolute Gasteiger partial charge is 0.264 e. The predicted octanol–water partition coefficient (Wildman–Crippen LogP) is 4.87. The molecule has 0 fully saturated rings. The van der Waals surface area contributed by atoms with Crippen molar-refractivity contribution in [3.63, 3.8) is 0 Å². The van der Waals surface area contributed by atoms with Crippen molar-refractivity contribution in [3.05, 3.63) is 87.3 Å². The monoisotopic (exact) mass is 500 g/mol. The maximum atomic E-state index is 13.8. The van der Waals surface area contributed by atoms with E-state index in [4.69, 9.17) is 0 Å². The van der Waals surface area contributed by atoms with Gasteiger partial charge in [0.1, 0.15) is 0 Å². The van der Waals surface area contributed by atoms with E-state index in [1.165, 1.54) is 11.3 Å². The van der Waals surface area contributed by atoms with E-state index >= 15 is 0 Å². The fourth-order valence-corrected chi connectivity index (χ4v) is 5.66. The van der Waals surface area contributed by atoms with Crippen LogP contribution in [0.25, 0.3) is 32.1 Å². The molecule has 0 bridgehead atoms. The second-order valence-electron chi connectivity index (χ2n) is 9.01. The molecule has 0 spiro atoms. The van der Waals surface area contributed by atoms with Crippen molar-refractivity contribution in [2.24, 2.45) is 7.05 Å². The largest absolute Gasteiger partial charge is 0.396 e. The Morgan fingerprint density at radius 2 is 1.89 bits per heavy atom. The van der Waals surface area contributed by atoms with E-state index in [0.29, 0.717) is 19.5 Å². The van der Waals surface area contributed by atoms with Gasteiger partial charge in [-0.15, -0.1) is 11.3 Å². The second-order valence-corrected chi connectivity index (χ2v) is 10.1. The zero-order valence-electron chi connectivity index (χ0n) is 20.3. The highest BCUT2D eigenvalue weighted by molar-refractivity contribution is 7.21. The van der Waals surface area contributed by atoms with Crippen LogP contribution in [0.4, 0.5) is 0 Å². The van der Waals surface area contributed by atoms with Crippen LogP contribution in [0.1, 0.15) is 33.8 Å². The van der Waals surface area contributed by atoms with E-state index in [-0.39, 0.29) is 18.1 Å². The Kier molecular flexibility index (Phi) is 6.71. The third-order valence-corrected chi connectivity index (χ3v) is 7.82. The number of carbonyl (C=O) groups excluding carboxylic acids is 1. The van der Waals surface area contributed by atoms with Gasteiger partial charge in [0.25, 0.3) is 5.91 Å². The van der Waals surface area contributed by atoms with Crippen LogP contribution in [0.15, 0.2) is 65.6 Å². The first-order chi connectivity index (χ1) is 17.5. The molecule has 0 aliphatic rings. The molecule has 0 saturated carbocycles. The molecule has 5 aromatic rings. The number of hydrogen-bond donors (Lipinski definition) is 2. The Labute approximate surface area is 212 Å². The molecule has 2 N–H and O–H groups in total. The topological polar surface area (TPSA) is 91.2 Å². The third kappa shape index (κ3) is 4.57. The Morgan fingerprint density at radius 3 is 2.69 bits per heavy atom. The number of aliphatic hydroxyl groups is 1. The van der Waals surface area contributed by atoms with Gasteiger partial charge < -0.3 is 14.6 Å². The number of pyridine rings is 1. The van der Waals surface area contributed by atoms with Gasteiger partial charge in [0.2, 0.25) is 5.56 Å². The van der Waals surface area contributed by atoms with Crippen LogP contribution in [0.2, 0.25) is 0 Å².